The minimum Gasteiger partial charge on any atom is -0.381 e. The zero-order valence-electron chi connectivity index (χ0n) is 11.2. The second-order valence-electron chi connectivity index (χ2n) is 5.49. The van der Waals surface area contributed by atoms with E-state index in [1.165, 1.54) is 0 Å². The number of methoxy groups -OCH3 is 1. The number of aromatic nitrogens is 2. The van der Waals surface area contributed by atoms with Gasteiger partial charge in [0.2, 0.25) is 11.7 Å². The molecule has 0 radical (unpaired) electrons. The maximum atomic E-state index is 5.94. The van der Waals surface area contributed by atoms with E-state index in [1.54, 1.807) is 7.11 Å². The van der Waals surface area contributed by atoms with E-state index in [0.29, 0.717) is 31.3 Å². The smallest absolute Gasteiger partial charge is 0.228 e. The highest BCUT2D eigenvalue weighted by Gasteiger charge is 2.39. The molecule has 0 aromatic carbocycles. The van der Waals surface area contributed by atoms with Crippen molar-refractivity contribution < 1.29 is 14.0 Å². The van der Waals surface area contributed by atoms with Crippen LogP contribution in [0.3, 0.4) is 0 Å². The average molecular weight is 255 g/mol. The number of hydrogen-bond acceptors (Lipinski definition) is 6. The van der Waals surface area contributed by atoms with Gasteiger partial charge in [-0.1, -0.05) is 5.16 Å². The highest BCUT2D eigenvalue weighted by molar-refractivity contribution is 5.04. The molecule has 18 heavy (non-hydrogen) atoms. The molecule has 0 saturated carbocycles. The van der Waals surface area contributed by atoms with Gasteiger partial charge in [-0.2, -0.15) is 4.98 Å². The molecule has 2 N–H and O–H groups in total. The molecule has 6 heteroatoms. The molecule has 1 saturated heterocycles. The van der Waals surface area contributed by atoms with Crippen LogP contribution < -0.4 is 5.73 Å². The largest absolute Gasteiger partial charge is 0.381 e. The van der Waals surface area contributed by atoms with E-state index in [2.05, 4.69) is 10.1 Å². The fourth-order valence-electron chi connectivity index (χ4n) is 2.12. The highest BCUT2D eigenvalue weighted by Crippen LogP contribution is 2.33. The van der Waals surface area contributed by atoms with Gasteiger partial charge in [0.15, 0.2) is 0 Å². The van der Waals surface area contributed by atoms with Gasteiger partial charge in [-0.3, -0.25) is 0 Å². The van der Waals surface area contributed by atoms with Crippen LogP contribution in [0.4, 0.5) is 0 Å². The Hall–Kier alpha value is -0.980. The summed E-state index contributed by atoms with van der Waals surface area (Å²) in [6.45, 7) is 5.16. The van der Waals surface area contributed by atoms with Gasteiger partial charge >= 0.3 is 0 Å². The molecule has 0 aliphatic carbocycles. The van der Waals surface area contributed by atoms with Crippen molar-refractivity contribution in [2.75, 3.05) is 20.3 Å². The lowest BCUT2D eigenvalue weighted by molar-refractivity contribution is -0.101. The molecule has 1 aliphatic rings. The van der Waals surface area contributed by atoms with Crippen LogP contribution in [0, 0.1) is 0 Å². The van der Waals surface area contributed by atoms with Crippen LogP contribution in [0.1, 0.15) is 38.4 Å². The van der Waals surface area contributed by atoms with E-state index in [1.807, 2.05) is 13.8 Å². The van der Waals surface area contributed by atoms with E-state index >= 15 is 0 Å². The molecular weight excluding hydrogens is 234 g/mol. The maximum absolute atomic E-state index is 5.94. The van der Waals surface area contributed by atoms with E-state index in [4.69, 9.17) is 19.7 Å². The van der Waals surface area contributed by atoms with Crippen molar-refractivity contribution in [2.24, 2.45) is 5.73 Å². The molecule has 0 spiro atoms. The molecule has 102 valence electrons. The predicted octanol–water partition coefficient (Wildman–Crippen LogP) is 1.00. The summed E-state index contributed by atoms with van der Waals surface area (Å²) in [5, 5.41) is 4.04. The number of ether oxygens (including phenoxy) is 2. The first-order valence-electron chi connectivity index (χ1n) is 6.20. The quantitative estimate of drug-likeness (QED) is 0.864. The summed E-state index contributed by atoms with van der Waals surface area (Å²) in [6, 6.07) is 0. The van der Waals surface area contributed by atoms with Crippen molar-refractivity contribution in [1.82, 2.24) is 10.1 Å². The van der Waals surface area contributed by atoms with Crippen LogP contribution in [-0.4, -0.2) is 36.0 Å². The lowest BCUT2D eigenvalue weighted by Crippen LogP contribution is -2.37. The third-order valence-corrected chi connectivity index (χ3v) is 3.17. The molecule has 1 aliphatic heterocycles. The van der Waals surface area contributed by atoms with Crippen molar-refractivity contribution >= 4 is 0 Å². The van der Waals surface area contributed by atoms with Crippen LogP contribution in [0.15, 0.2) is 4.52 Å². The van der Waals surface area contributed by atoms with Gasteiger partial charge in [-0.05, 0) is 13.8 Å². The third-order valence-electron chi connectivity index (χ3n) is 3.17. The van der Waals surface area contributed by atoms with Crippen LogP contribution >= 0.6 is 0 Å². The van der Waals surface area contributed by atoms with Crippen molar-refractivity contribution in [1.29, 1.82) is 0 Å². The summed E-state index contributed by atoms with van der Waals surface area (Å²) in [4.78, 5) is 4.42. The Bertz CT molecular complexity index is 392. The first kappa shape index (κ1) is 13.5. The lowest BCUT2D eigenvalue weighted by atomic mass is 9.93. The predicted molar refractivity (Wildman–Crippen MR) is 65.0 cm³/mol. The number of hydrogen-bond donors (Lipinski definition) is 1. The zero-order valence-corrected chi connectivity index (χ0v) is 11.2. The monoisotopic (exact) mass is 255 g/mol. The molecule has 0 unspecified atom stereocenters. The summed E-state index contributed by atoms with van der Waals surface area (Å²) in [6.07, 6.45) is 2.04. The summed E-state index contributed by atoms with van der Waals surface area (Å²) in [5.41, 5.74) is 5.11. The standard InChI is InChI=1S/C12H21N3O3/c1-11(2,13)8-9-14-10(15-18-9)12(16-3)4-6-17-7-5-12/h4-8,13H2,1-3H3. The second kappa shape index (κ2) is 4.95. The summed E-state index contributed by atoms with van der Waals surface area (Å²) < 4.78 is 16.2. The van der Waals surface area contributed by atoms with Gasteiger partial charge in [0, 0.05) is 45.1 Å². The van der Waals surface area contributed by atoms with Crippen molar-refractivity contribution in [3.05, 3.63) is 11.7 Å². The molecule has 1 aromatic heterocycles. The van der Waals surface area contributed by atoms with E-state index in [-0.39, 0.29) is 5.54 Å². The van der Waals surface area contributed by atoms with Crippen LogP contribution in [0.5, 0.6) is 0 Å². The Morgan fingerprint density at radius 2 is 2.06 bits per heavy atom. The molecule has 1 aromatic rings. The highest BCUT2D eigenvalue weighted by atomic mass is 16.5. The maximum Gasteiger partial charge on any atom is 0.228 e. The lowest BCUT2D eigenvalue weighted by Gasteiger charge is -2.32. The SMILES string of the molecule is COC1(c2noc(CC(C)(C)N)n2)CCOCC1. The molecule has 0 atom stereocenters. The fraction of sp³-hybridized carbons (Fsp3) is 0.833. The van der Waals surface area contributed by atoms with Gasteiger partial charge in [0.25, 0.3) is 0 Å². The van der Waals surface area contributed by atoms with Crippen LogP contribution in [-0.2, 0) is 21.5 Å². The average Bonchev–Trinajstić information content (AvgIpc) is 2.76. The third kappa shape index (κ3) is 2.88. The number of nitrogens with zero attached hydrogens (tertiary/aromatic N) is 2. The Kier molecular flexibility index (Phi) is 3.70. The van der Waals surface area contributed by atoms with Crippen LogP contribution in [0.25, 0.3) is 0 Å². The fourth-order valence-corrected chi connectivity index (χ4v) is 2.12. The van der Waals surface area contributed by atoms with Crippen molar-refractivity contribution in [2.45, 2.75) is 44.2 Å². The first-order chi connectivity index (χ1) is 8.45. The molecule has 2 rings (SSSR count). The van der Waals surface area contributed by atoms with E-state index < -0.39 is 5.60 Å². The number of rotatable bonds is 4. The Labute approximate surface area is 107 Å². The molecule has 1 fully saturated rings. The topological polar surface area (TPSA) is 83.4 Å². The van der Waals surface area contributed by atoms with Gasteiger partial charge in [-0.15, -0.1) is 0 Å². The Morgan fingerprint density at radius 1 is 1.39 bits per heavy atom. The van der Waals surface area contributed by atoms with E-state index in [9.17, 15) is 0 Å². The van der Waals surface area contributed by atoms with Gasteiger partial charge in [0.05, 0.1) is 0 Å². The minimum absolute atomic E-state index is 0.361. The van der Waals surface area contributed by atoms with E-state index in [0.717, 1.165) is 12.8 Å². The normalized spacial score (nSPS) is 20.0. The second-order valence-corrected chi connectivity index (χ2v) is 5.49. The molecule has 0 amide bonds. The number of nitrogens with two attached hydrogens (primary N) is 1. The van der Waals surface area contributed by atoms with Crippen molar-refractivity contribution in [3.8, 4) is 0 Å². The molecule has 0 bridgehead atoms. The summed E-state index contributed by atoms with van der Waals surface area (Å²) >= 11 is 0. The molecule has 2 heterocycles. The van der Waals surface area contributed by atoms with Gasteiger partial charge in [-0.25, -0.2) is 0 Å². The van der Waals surface area contributed by atoms with Gasteiger partial charge < -0.3 is 19.7 Å². The Morgan fingerprint density at radius 3 is 2.61 bits per heavy atom. The molecular formula is C12H21N3O3. The minimum atomic E-state index is -0.473. The van der Waals surface area contributed by atoms with Crippen molar-refractivity contribution in [3.63, 3.8) is 0 Å². The zero-order chi connectivity index (χ0) is 13.2. The van der Waals surface area contributed by atoms with Gasteiger partial charge in [0.1, 0.15) is 5.60 Å². The summed E-state index contributed by atoms with van der Waals surface area (Å²) in [7, 11) is 1.67. The summed E-state index contributed by atoms with van der Waals surface area (Å²) in [5.74, 6) is 1.16. The van der Waals surface area contributed by atoms with Crippen LogP contribution in [0.2, 0.25) is 0 Å². The first-order valence-corrected chi connectivity index (χ1v) is 6.20. The Balaban J connectivity index is 2.17. The molecule has 6 nitrogen and oxygen atoms in total.